The van der Waals surface area contributed by atoms with Gasteiger partial charge in [0.15, 0.2) is 0 Å². The zero-order chi connectivity index (χ0) is 23.9. The van der Waals surface area contributed by atoms with Gasteiger partial charge in [-0.25, -0.2) is 5.43 Å². The van der Waals surface area contributed by atoms with Gasteiger partial charge in [-0.1, -0.05) is 42.5 Å². The lowest BCUT2D eigenvalue weighted by molar-refractivity contribution is -0.384. The van der Waals surface area contributed by atoms with Crippen LogP contribution >= 0.6 is 0 Å². The topological polar surface area (TPSA) is 123 Å². The number of nitrogens with one attached hydrogen (secondary N) is 2. The Hall–Kier alpha value is -4.79. The van der Waals surface area contributed by atoms with Crippen LogP contribution in [0.2, 0.25) is 0 Å². The Morgan fingerprint density at radius 2 is 1.82 bits per heavy atom. The van der Waals surface area contributed by atoms with Crippen molar-refractivity contribution in [2.45, 2.75) is 13.5 Å². The summed E-state index contributed by atoms with van der Waals surface area (Å²) in [5.74, 6) is 0.232. The molecule has 0 saturated carbocycles. The predicted molar refractivity (Wildman–Crippen MR) is 128 cm³/mol. The molecule has 0 unspecified atom stereocenters. The van der Waals surface area contributed by atoms with Gasteiger partial charge in [0, 0.05) is 17.7 Å². The van der Waals surface area contributed by atoms with E-state index >= 15 is 0 Å². The minimum atomic E-state index is -0.473. The highest BCUT2D eigenvalue weighted by molar-refractivity contribution is 6.00. The third kappa shape index (κ3) is 5.52. The SMILES string of the molecule is CC(=NNC(=O)c1cc(-c2cccc(OCc3ccccc3)c2)n[nH]1)c1ccc([N+](=O)[O-])cc1. The number of hydrazone groups is 1. The van der Waals surface area contributed by atoms with Crippen molar-refractivity contribution >= 4 is 17.3 Å². The highest BCUT2D eigenvalue weighted by Crippen LogP contribution is 2.23. The normalized spacial score (nSPS) is 11.1. The molecule has 1 heterocycles. The first-order chi connectivity index (χ1) is 16.5. The molecule has 4 rings (SSSR count). The summed E-state index contributed by atoms with van der Waals surface area (Å²) in [7, 11) is 0. The van der Waals surface area contributed by atoms with Crippen molar-refractivity contribution in [2.24, 2.45) is 5.10 Å². The average Bonchev–Trinajstić information content (AvgIpc) is 3.37. The van der Waals surface area contributed by atoms with Crippen LogP contribution in [0.5, 0.6) is 5.75 Å². The van der Waals surface area contributed by atoms with Gasteiger partial charge in [-0.15, -0.1) is 0 Å². The average molecular weight is 455 g/mol. The standard InChI is InChI=1S/C25H21N5O4/c1-17(19-10-12-21(13-11-19)30(32)33)26-29-25(31)24-15-23(27-28-24)20-8-5-9-22(14-20)34-16-18-6-3-2-4-7-18/h2-15H,16H2,1H3,(H,27,28)(H,29,31). The smallest absolute Gasteiger partial charge is 0.289 e. The number of non-ortho nitro benzene ring substituents is 1. The number of aromatic nitrogens is 2. The number of amides is 1. The molecule has 0 aliphatic heterocycles. The highest BCUT2D eigenvalue weighted by Gasteiger charge is 2.12. The van der Waals surface area contributed by atoms with Gasteiger partial charge in [0.2, 0.25) is 0 Å². The number of aromatic amines is 1. The summed E-state index contributed by atoms with van der Waals surface area (Å²) in [5, 5.41) is 21.8. The van der Waals surface area contributed by atoms with Crippen molar-refractivity contribution in [1.29, 1.82) is 0 Å². The van der Waals surface area contributed by atoms with E-state index in [0.717, 1.165) is 11.1 Å². The zero-order valence-electron chi connectivity index (χ0n) is 18.3. The Labute approximate surface area is 195 Å². The van der Waals surface area contributed by atoms with Crippen molar-refractivity contribution in [3.63, 3.8) is 0 Å². The number of ether oxygens (including phenoxy) is 1. The molecule has 0 saturated heterocycles. The number of H-pyrrole nitrogens is 1. The Balaban J connectivity index is 1.40. The monoisotopic (exact) mass is 455 g/mol. The van der Waals surface area contributed by atoms with Crippen molar-refractivity contribution in [3.05, 3.63) is 112 Å². The Morgan fingerprint density at radius 1 is 1.06 bits per heavy atom. The maximum Gasteiger partial charge on any atom is 0.289 e. The summed E-state index contributed by atoms with van der Waals surface area (Å²) < 4.78 is 5.86. The Bertz CT molecular complexity index is 1330. The minimum Gasteiger partial charge on any atom is -0.489 e. The first-order valence-electron chi connectivity index (χ1n) is 10.4. The second-order valence-electron chi connectivity index (χ2n) is 7.41. The largest absolute Gasteiger partial charge is 0.489 e. The van der Waals surface area contributed by atoms with Crippen molar-refractivity contribution < 1.29 is 14.5 Å². The second-order valence-corrected chi connectivity index (χ2v) is 7.41. The minimum absolute atomic E-state index is 0.0138. The fourth-order valence-electron chi connectivity index (χ4n) is 3.16. The summed E-state index contributed by atoms with van der Waals surface area (Å²) in [6, 6.07) is 24.9. The van der Waals surface area contributed by atoms with Gasteiger partial charge in [-0.05, 0) is 48.4 Å². The number of nitrogens with zero attached hydrogens (tertiary/aromatic N) is 3. The molecule has 0 atom stereocenters. The number of carbonyl (C=O) groups is 1. The fraction of sp³-hybridized carbons (Fsp3) is 0.0800. The maximum absolute atomic E-state index is 12.5. The molecular weight excluding hydrogens is 434 g/mol. The molecular formula is C25H21N5O4. The van der Waals surface area contributed by atoms with Crippen molar-refractivity contribution in [1.82, 2.24) is 15.6 Å². The number of carbonyl (C=O) groups excluding carboxylic acids is 1. The van der Waals surface area contributed by atoms with E-state index in [2.05, 4.69) is 20.7 Å². The molecule has 0 bridgehead atoms. The molecule has 4 aromatic rings. The molecule has 0 fully saturated rings. The van der Waals surface area contributed by atoms with Gasteiger partial charge < -0.3 is 4.74 Å². The molecule has 2 N–H and O–H groups in total. The first kappa shape index (κ1) is 22.4. The number of hydrogen-bond donors (Lipinski definition) is 2. The van der Waals surface area contributed by atoms with Crippen molar-refractivity contribution in [2.75, 3.05) is 0 Å². The van der Waals surface area contributed by atoms with Crippen LogP contribution in [0.3, 0.4) is 0 Å². The number of rotatable bonds is 8. The van der Waals surface area contributed by atoms with E-state index in [4.69, 9.17) is 4.74 Å². The number of benzene rings is 3. The van der Waals surface area contributed by atoms with E-state index in [0.29, 0.717) is 29.3 Å². The fourth-order valence-corrected chi connectivity index (χ4v) is 3.16. The lowest BCUT2D eigenvalue weighted by atomic mass is 10.1. The lowest BCUT2D eigenvalue weighted by Crippen LogP contribution is -2.19. The van der Waals surface area contributed by atoms with Gasteiger partial charge in [0.1, 0.15) is 18.1 Å². The summed E-state index contributed by atoms with van der Waals surface area (Å²) in [4.78, 5) is 22.8. The molecule has 0 aliphatic rings. The summed E-state index contributed by atoms with van der Waals surface area (Å²) in [6.07, 6.45) is 0. The quantitative estimate of drug-likeness (QED) is 0.226. The van der Waals surface area contributed by atoms with Crippen LogP contribution in [0, 0.1) is 10.1 Å². The summed E-state index contributed by atoms with van der Waals surface area (Å²) in [6.45, 7) is 2.14. The van der Waals surface area contributed by atoms with E-state index in [1.54, 1.807) is 25.1 Å². The molecule has 1 aromatic heterocycles. The molecule has 34 heavy (non-hydrogen) atoms. The van der Waals surface area contributed by atoms with Crippen LogP contribution in [-0.4, -0.2) is 26.7 Å². The van der Waals surface area contributed by atoms with Gasteiger partial charge >= 0.3 is 0 Å². The molecule has 9 nitrogen and oxygen atoms in total. The van der Waals surface area contributed by atoms with Crippen LogP contribution in [0.1, 0.15) is 28.5 Å². The third-order valence-electron chi connectivity index (χ3n) is 5.02. The lowest BCUT2D eigenvalue weighted by Gasteiger charge is -2.07. The van der Waals surface area contributed by atoms with Crippen LogP contribution < -0.4 is 10.2 Å². The highest BCUT2D eigenvalue weighted by atomic mass is 16.6. The Morgan fingerprint density at radius 3 is 2.56 bits per heavy atom. The van der Waals surface area contributed by atoms with Crippen molar-refractivity contribution in [3.8, 4) is 17.0 Å². The number of nitro groups is 1. The number of hydrogen-bond acceptors (Lipinski definition) is 6. The maximum atomic E-state index is 12.5. The molecule has 3 aromatic carbocycles. The van der Waals surface area contributed by atoms with E-state index in [-0.39, 0.29) is 11.4 Å². The van der Waals surface area contributed by atoms with E-state index in [9.17, 15) is 14.9 Å². The third-order valence-corrected chi connectivity index (χ3v) is 5.02. The van der Waals surface area contributed by atoms with Crippen LogP contribution in [0.25, 0.3) is 11.3 Å². The zero-order valence-corrected chi connectivity index (χ0v) is 18.3. The summed E-state index contributed by atoms with van der Waals surface area (Å²) >= 11 is 0. The molecule has 1 amide bonds. The second kappa shape index (κ2) is 10.2. The van der Waals surface area contributed by atoms with Gasteiger partial charge in [0.05, 0.1) is 16.3 Å². The molecule has 0 radical (unpaired) electrons. The van der Waals surface area contributed by atoms with Gasteiger partial charge in [-0.2, -0.15) is 10.2 Å². The summed E-state index contributed by atoms with van der Waals surface area (Å²) in [5.41, 5.74) is 6.31. The Kier molecular flexibility index (Phi) is 6.73. The van der Waals surface area contributed by atoms with E-state index in [1.807, 2.05) is 54.6 Å². The number of nitro benzene ring substituents is 1. The molecule has 0 spiro atoms. The molecule has 170 valence electrons. The van der Waals surface area contributed by atoms with Crippen LogP contribution in [-0.2, 0) is 6.61 Å². The first-order valence-corrected chi connectivity index (χ1v) is 10.4. The molecule has 9 heteroatoms. The van der Waals surface area contributed by atoms with Gasteiger partial charge in [-0.3, -0.25) is 20.0 Å². The molecule has 0 aliphatic carbocycles. The van der Waals surface area contributed by atoms with Crippen LogP contribution in [0.15, 0.2) is 90.0 Å². The van der Waals surface area contributed by atoms with E-state index < -0.39 is 10.8 Å². The predicted octanol–water partition coefficient (Wildman–Crippen LogP) is 4.72. The van der Waals surface area contributed by atoms with Crippen LogP contribution in [0.4, 0.5) is 5.69 Å². The van der Waals surface area contributed by atoms with Gasteiger partial charge in [0.25, 0.3) is 11.6 Å². The van der Waals surface area contributed by atoms with E-state index in [1.165, 1.54) is 12.1 Å².